The van der Waals surface area contributed by atoms with Crippen molar-refractivity contribution < 1.29 is 24.2 Å². The number of fused-ring (bicyclic) bond motifs is 1. The minimum Gasteiger partial charge on any atom is -0.480 e. The van der Waals surface area contributed by atoms with Gasteiger partial charge < -0.3 is 25.0 Å². The van der Waals surface area contributed by atoms with Crippen LogP contribution in [-0.4, -0.2) is 56.7 Å². The van der Waals surface area contributed by atoms with Crippen molar-refractivity contribution in [2.45, 2.75) is 31.3 Å². The van der Waals surface area contributed by atoms with Crippen molar-refractivity contribution in [1.82, 2.24) is 19.8 Å². The highest BCUT2D eigenvalue weighted by Gasteiger charge is 2.27. The van der Waals surface area contributed by atoms with E-state index in [-0.39, 0.29) is 28.7 Å². The number of aromatic nitrogens is 2. The Morgan fingerprint density at radius 2 is 1.68 bits per heavy atom. The Morgan fingerprint density at radius 3 is 2.38 bits per heavy atom. The highest BCUT2D eigenvalue weighted by Crippen LogP contribution is 2.26. The highest BCUT2D eigenvalue weighted by atomic mass is 35.5. The zero-order valence-corrected chi connectivity index (χ0v) is 22.1. The quantitative estimate of drug-likeness (QED) is 0.308. The fraction of sp³-hybridized carbons (Fsp3) is 0.241. The number of carboxylic acid groups (broad SMARTS) is 1. The van der Waals surface area contributed by atoms with Crippen LogP contribution in [0.1, 0.15) is 34.8 Å². The lowest BCUT2D eigenvalue weighted by Crippen LogP contribution is -2.42. The Morgan fingerprint density at radius 1 is 1.00 bits per heavy atom. The van der Waals surface area contributed by atoms with Crippen molar-refractivity contribution in [2.24, 2.45) is 0 Å². The van der Waals surface area contributed by atoms with E-state index in [1.165, 1.54) is 6.07 Å². The van der Waals surface area contributed by atoms with Gasteiger partial charge in [0.15, 0.2) is 0 Å². The summed E-state index contributed by atoms with van der Waals surface area (Å²) >= 11 is 6.05. The molecule has 2 amide bonds. The number of aliphatic carboxylic acids is 1. The molecule has 206 valence electrons. The van der Waals surface area contributed by atoms with Gasteiger partial charge in [-0.3, -0.25) is 9.36 Å². The van der Waals surface area contributed by atoms with E-state index in [0.29, 0.717) is 37.2 Å². The number of carboxylic acids is 1. The van der Waals surface area contributed by atoms with Crippen LogP contribution in [0.3, 0.4) is 0 Å². The maximum atomic E-state index is 12.8. The molecule has 1 atom stereocenters. The van der Waals surface area contributed by atoms with E-state index in [9.17, 15) is 24.3 Å². The van der Waals surface area contributed by atoms with Crippen molar-refractivity contribution in [3.63, 3.8) is 0 Å². The third-order valence-electron chi connectivity index (χ3n) is 7.00. The van der Waals surface area contributed by atoms with Crippen LogP contribution in [0, 0.1) is 0 Å². The smallest absolute Gasteiger partial charge is 0.415 e. The fourth-order valence-corrected chi connectivity index (χ4v) is 5.14. The summed E-state index contributed by atoms with van der Waals surface area (Å²) in [7, 11) is 0. The normalized spacial score (nSPS) is 14.6. The number of carbonyl (C=O) groups excluding carboxylic acids is 2. The maximum Gasteiger partial charge on any atom is 0.415 e. The van der Waals surface area contributed by atoms with Crippen LogP contribution >= 0.6 is 11.6 Å². The molecule has 1 unspecified atom stereocenters. The van der Waals surface area contributed by atoms with Gasteiger partial charge >= 0.3 is 17.8 Å². The van der Waals surface area contributed by atoms with E-state index >= 15 is 0 Å². The summed E-state index contributed by atoms with van der Waals surface area (Å²) in [4.78, 5) is 54.1. The van der Waals surface area contributed by atoms with Crippen LogP contribution in [-0.2, 0) is 11.2 Å². The molecule has 4 aromatic rings. The minimum atomic E-state index is -1.19. The molecular weight excluding hydrogens is 536 g/mol. The van der Waals surface area contributed by atoms with E-state index < -0.39 is 24.0 Å². The molecule has 0 spiro atoms. The fourth-order valence-electron chi connectivity index (χ4n) is 4.92. The summed E-state index contributed by atoms with van der Waals surface area (Å²) in [5.74, 6) is -1.45. The Labute approximate surface area is 234 Å². The number of ether oxygens (including phenoxy) is 1. The van der Waals surface area contributed by atoms with Gasteiger partial charge in [-0.15, -0.1) is 0 Å². The second-order valence-corrected chi connectivity index (χ2v) is 10.0. The first kappa shape index (κ1) is 27.0. The zero-order valence-electron chi connectivity index (χ0n) is 21.4. The van der Waals surface area contributed by atoms with Crippen LogP contribution in [0.25, 0.3) is 11.0 Å². The van der Waals surface area contributed by atoms with Crippen molar-refractivity contribution in [1.29, 1.82) is 0 Å². The van der Waals surface area contributed by atoms with Gasteiger partial charge in [-0.05, 0) is 54.8 Å². The maximum absolute atomic E-state index is 12.8. The number of likely N-dealkylation sites (tertiary alicyclic amines) is 1. The predicted octanol–water partition coefficient (Wildman–Crippen LogP) is 4.24. The summed E-state index contributed by atoms with van der Waals surface area (Å²) < 4.78 is 7.29. The summed E-state index contributed by atoms with van der Waals surface area (Å²) in [5, 5.41) is 12.3. The number of aromatic amines is 1. The second kappa shape index (κ2) is 11.7. The van der Waals surface area contributed by atoms with Gasteiger partial charge in [0.05, 0.1) is 21.6 Å². The van der Waals surface area contributed by atoms with Crippen molar-refractivity contribution in [3.05, 3.63) is 99.4 Å². The van der Waals surface area contributed by atoms with Gasteiger partial charge in [-0.2, -0.15) is 0 Å². The van der Waals surface area contributed by atoms with Gasteiger partial charge in [0, 0.05) is 25.6 Å². The topological polar surface area (TPSA) is 134 Å². The molecule has 11 heteroatoms. The standard InChI is InChI=1S/C29H27ClN4O6/c30-22-6-2-1-5-21(22)26(35)31-24(27(36)37)17-18-9-11-20(12-10-18)40-29(39)33-15-13-19(14-16-33)34-25-8-4-3-7-23(25)32-28(34)38/h1-12,19,24H,13-17H2,(H,31,35)(H,32,38)(H,36,37). The lowest BCUT2D eigenvalue weighted by atomic mass is 10.0. The van der Waals surface area contributed by atoms with Crippen molar-refractivity contribution in [2.75, 3.05) is 13.1 Å². The Hall–Kier alpha value is -4.57. The number of rotatable bonds is 7. The van der Waals surface area contributed by atoms with Crippen molar-refractivity contribution in [3.8, 4) is 5.75 Å². The molecule has 5 rings (SSSR count). The molecule has 0 bridgehead atoms. The number of nitrogens with zero attached hydrogens (tertiary/aromatic N) is 2. The molecule has 1 saturated heterocycles. The molecule has 1 aromatic heterocycles. The second-order valence-electron chi connectivity index (χ2n) is 9.60. The Kier molecular flexibility index (Phi) is 7.88. The molecule has 0 saturated carbocycles. The van der Waals surface area contributed by atoms with E-state index in [4.69, 9.17) is 16.3 Å². The lowest BCUT2D eigenvalue weighted by Gasteiger charge is -2.31. The molecule has 2 heterocycles. The van der Waals surface area contributed by atoms with E-state index in [0.717, 1.165) is 11.0 Å². The number of H-pyrrole nitrogens is 1. The number of hydrogen-bond donors (Lipinski definition) is 3. The first-order valence-electron chi connectivity index (χ1n) is 12.8. The number of hydrogen-bond acceptors (Lipinski definition) is 5. The third kappa shape index (κ3) is 5.86. The van der Waals surface area contributed by atoms with E-state index in [1.54, 1.807) is 51.9 Å². The monoisotopic (exact) mass is 562 g/mol. The molecule has 0 radical (unpaired) electrons. The number of nitrogens with one attached hydrogen (secondary N) is 2. The van der Waals surface area contributed by atoms with Gasteiger partial charge in [0.25, 0.3) is 5.91 Å². The summed E-state index contributed by atoms with van der Waals surface area (Å²) in [5.41, 5.74) is 2.31. The van der Waals surface area contributed by atoms with Gasteiger partial charge in [0.1, 0.15) is 11.8 Å². The number of piperidine rings is 1. The number of carbonyl (C=O) groups is 3. The number of imidazole rings is 1. The Bertz CT molecular complexity index is 1600. The average Bonchev–Trinajstić information content (AvgIpc) is 3.29. The number of amides is 2. The van der Waals surface area contributed by atoms with E-state index in [2.05, 4.69) is 10.3 Å². The summed E-state index contributed by atoms with van der Waals surface area (Å²) in [6, 6.07) is 19.2. The van der Waals surface area contributed by atoms with Crippen LogP contribution in [0.4, 0.5) is 4.79 Å². The van der Waals surface area contributed by atoms with Crippen LogP contribution in [0.2, 0.25) is 5.02 Å². The average molecular weight is 563 g/mol. The van der Waals surface area contributed by atoms with Gasteiger partial charge in [-0.25, -0.2) is 14.4 Å². The van der Waals surface area contributed by atoms with Crippen molar-refractivity contribution >= 4 is 40.6 Å². The number of para-hydroxylation sites is 2. The van der Waals surface area contributed by atoms with Gasteiger partial charge in [-0.1, -0.05) is 48.0 Å². The van der Waals surface area contributed by atoms with Crippen LogP contribution < -0.4 is 15.7 Å². The summed E-state index contributed by atoms with van der Waals surface area (Å²) in [6.45, 7) is 0.887. The van der Waals surface area contributed by atoms with Gasteiger partial charge in [0.2, 0.25) is 0 Å². The van der Waals surface area contributed by atoms with Crippen LogP contribution in [0.5, 0.6) is 5.75 Å². The molecule has 10 nitrogen and oxygen atoms in total. The first-order chi connectivity index (χ1) is 19.3. The lowest BCUT2D eigenvalue weighted by molar-refractivity contribution is -0.139. The SMILES string of the molecule is O=C(NC(Cc1ccc(OC(=O)N2CCC(n3c(=O)[nH]c4ccccc43)CC2)cc1)C(=O)O)c1ccccc1Cl. The third-order valence-corrected chi connectivity index (χ3v) is 7.33. The molecule has 1 aliphatic rings. The Balaban J connectivity index is 1.16. The minimum absolute atomic E-state index is 0.0208. The van der Waals surface area contributed by atoms with E-state index in [1.807, 2.05) is 24.3 Å². The molecule has 3 aromatic carbocycles. The summed E-state index contributed by atoms with van der Waals surface area (Å²) in [6.07, 6.45) is 0.770. The molecule has 1 aliphatic heterocycles. The zero-order chi connectivity index (χ0) is 28.2. The number of benzene rings is 3. The first-order valence-corrected chi connectivity index (χ1v) is 13.2. The highest BCUT2D eigenvalue weighted by molar-refractivity contribution is 6.33. The molecule has 0 aliphatic carbocycles. The molecule has 1 fully saturated rings. The number of halogens is 1. The van der Waals surface area contributed by atoms with Crippen LogP contribution in [0.15, 0.2) is 77.6 Å². The molecule has 3 N–H and O–H groups in total. The molecule has 40 heavy (non-hydrogen) atoms. The molecular formula is C29H27ClN4O6. The predicted molar refractivity (Wildman–Crippen MR) is 149 cm³/mol. The largest absolute Gasteiger partial charge is 0.480 e.